The van der Waals surface area contributed by atoms with E-state index in [1.54, 1.807) is 24.4 Å². The van der Waals surface area contributed by atoms with Crippen LogP contribution in [-0.4, -0.2) is 27.3 Å². The summed E-state index contributed by atoms with van der Waals surface area (Å²) >= 11 is 0. The number of nitrogens with two attached hydrogens (primary N) is 1. The number of aromatic nitrogens is 2. The monoisotopic (exact) mass is 428 g/mol. The fourth-order valence-corrected chi connectivity index (χ4v) is 3.45. The Morgan fingerprint density at radius 2 is 1.87 bits per heavy atom. The Hall–Kier alpha value is -3.46. The van der Waals surface area contributed by atoms with Crippen molar-refractivity contribution in [1.29, 1.82) is 0 Å². The van der Waals surface area contributed by atoms with Gasteiger partial charge >= 0.3 is 6.18 Å². The Kier molecular flexibility index (Phi) is 5.60. The zero-order valence-electron chi connectivity index (χ0n) is 16.4. The van der Waals surface area contributed by atoms with E-state index in [0.29, 0.717) is 18.8 Å². The molecule has 160 valence electrons. The van der Waals surface area contributed by atoms with Crippen molar-refractivity contribution >= 4 is 5.91 Å². The number of primary amides is 1. The number of ether oxygens (including phenoxy) is 1. The van der Waals surface area contributed by atoms with Crippen molar-refractivity contribution in [2.24, 2.45) is 5.73 Å². The first-order chi connectivity index (χ1) is 14.8. The van der Waals surface area contributed by atoms with Gasteiger partial charge in [-0.1, -0.05) is 18.2 Å². The number of nitrogens with zero attached hydrogens (tertiary/aromatic N) is 3. The largest absolute Gasteiger partial charge is 0.457 e. The van der Waals surface area contributed by atoms with E-state index in [1.165, 1.54) is 12.1 Å². The fourth-order valence-electron chi connectivity index (χ4n) is 3.45. The second-order valence-electron chi connectivity index (χ2n) is 7.27. The molecule has 31 heavy (non-hydrogen) atoms. The van der Waals surface area contributed by atoms with Gasteiger partial charge in [0.1, 0.15) is 11.5 Å². The molecular weight excluding hydrogens is 409 g/mol. The van der Waals surface area contributed by atoms with E-state index in [-0.39, 0.29) is 11.6 Å². The van der Waals surface area contributed by atoms with Crippen molar-refractivity contribution in [3.8, 4) is 11.5 Å². The molecule has 0 saturated heterocycles. The Bertz CT molecular complexity index is 1120. The highest BCUT2D eigenvalue weighted by molar-refractivity contribution is 5.88. The van der Waals surface area contributed by atoms with Gasteiger partial charge < -0.3 is 10.5 Å². The molecule has 2 aromatic carbocycles. The molecule has 0 aliphatic carbocycles. The van der Waals surface area contributed by atoms with Crippen LogP contribution in [0, 0.1) is 0 Å². The number of rotatable bonds is 5. The molecule has 0 fully saturated rings. The average Bonchev–Trinajstić information content (AvgIpc) is 2.73. The number of carbonyl (C=O) groups excluding carboxylic acids is 1. The summed E-state index contributed by atoms with van der Waals surface area (Å²) in [4.78, 5) is 21.7. The Morgan fingerprint density at radius 1 is 1.13 bits per heavy atom. The molecule has 2 N–H and O–H groups in total. The second kappa shape index (κ2) is 8.35. The third-order valence-electron chi connectivity index (χ3n) is 4.95. The van der Waals surface area contributed by atoms with E-state index >= 15 is 0 Å². The molecule has 0 saturated carbocycles. The van der Waals surface area contributed by atoms with Crippen molar-refractivity contribution in [3.05, 3.63) is 82.9 Å². The van der Waals surface area contributed by atoms with E-state index in [9.17, 15) is 18.0 Å². The molecule has 0 spiro atoms. The van der Waals surface area contributed by atoms with E-state index in [1.807, 2.05) is 6.07 Å². The lowest BCUT2D eigenvalue weighted by molar-refractivity contribution is -0.137. The summed E-state index contributed by atoms with van der Waals surface area (Å²) in [6.07, 6.45) is -2.04. The first-order valence-electron chi connectivity index (χ1n) is 9.59. The van der Waals surface area contributed by atoms with Gasteiger partial charge in [0.2, 0.25) is 5.82 Å². The van der Waals surface area contributed by atoms with Crippen LogP contribution >= 0.6 is 0 Å². The van der Waals surface area contributed by atoms with Gasteiger partial charge in [0.15, 0.2) is 0 Å². The molecular formula is C22H19F3N4O2. The number of halogens is 3. The number of benzene rings is 2. The number of alkyl halides is 3. The lowest BCUT2D eigenvalue weighted by Gasteiger charge is -2.28. The average molecular weight is 428 g/mol. The molecule has 6 nitrogen and oxygen atoms in total. The third kappa shape index (κ3) is 5.00. The lowest BCUT2D eigenvalue weighted by atomic mass is 10.1. The third-order valence-corrected chi connectivity index (χ3v) is 4.95. The minimum Gasteiger partial charge on any atom is -0.457 e. The van der Waals surface area contributed by atoms with Crippen molar-refractivity contribution < 1.29 is 22.7 Å². The van der Waals surface area contributed by atoms with Gasteiger partial charge in [0, 0.05) is 25.8 Å². The molecule has 1 aliphatic rings. The van der Waals surface area contributed by atoms with Gasteiger partial charge in [-0.15, -0.1) is 0 Å². The number of hydrogen-bond acceptors (Lipinski definition) is 5. The highest BCUT2D eigenvalue weighted by Crippen LogP contribution is 2.33. The minimum absolute atomic E-state index is 0.00270. The van der Waals surface area contributed by atoms with Crippen molar-refractivity contribution in [3.63, 3.8) is 0 Å². The summed E-state index contributed by atoms with van der Waals surface area (Å²) in [5.74, 6) is -0.0985. The SMILES string of the molecule is NC(=O)c1ncc2c(n1)CN(Cc1cccc(Oc3cccc(C(F)(F)F)c3)c1)CC2. The molecule has 1 aliphatic heterocycles. The van der Waals surface area contributed by atoms with Crippen LogP contribution in [0.3, 0.4) is 0 Å². The van der Waals surface area contributed by atoms with Gasteiger partial charge in [-0.05, 0) is 47.9 Å². The maximum absolute atomic E-state index is 12.9. The first-order valence-corrected chi connectivity index (χ1v) is 9.59. The second-order valence-corrected chi connectivity index (χ2v) is 7.27. The standard InChI is InChI=1S/C22H19F3N4O2/c23-22(24,25)16-4-2-6-18(10-16)31-17-5-1-3-14(9-17)12-29-8-7-15-11-27-21(20(26)30)28-19(15)13-29/h1-6,9-11H,7-8,12-13H2,(H2,26,30). The molecule has 1 amide bonds. The van der Waals surface area contributed by atoms with Crippen LogP contribution in [0.4, 0.5) is 13.2 Å². The van der Waals surface area contributed by atoms with Gasteiger partial charge in [0.05, 0.1) is 11.3 Å². The number of carbonyl (C=O) groups is 1. The molecule has 1 aromatic heterocycles. The summed E-state index contributed by atoms with van der Waals surface area (Å²) < 4.78 is 44.4. The van der Waals surface area contributed by atoms with Crippen LogP contribution in [0.25, 0.3) is 0 Å². The zero-order chi connectivity index (χ0) is 22.0. The molecule has 0 bridgehead atoms. The van der Waals surface area contributed by atoms with Crippen LogP contribution in [0.2, 0.25) is 0 Å². The first kappa shape index (κ1) is 20.8. The zero-order valence-corrected chi connectivity index (χ0v) is 16.4. The summed E-state index contributed by atoms with van der Waals surface area (Å²) in [5, 5.41) is 0. The topological polar surface area (TPSA) is 81.3 Å². The predicted molar refractivity (Wildman–Crippen MR) is 106 cm³/mol. The summed E-state index contributed by atoms with van der Waals surface area (Å²) in [5.41, 5.74) is 7.21. The van der Waals surface area contributed by atoms with Crippen molar-refractivity contribution in [2.45, 2.75) is 25.7 Å². The highest BCUT2D eigenvalue weighted by Gasteiger charge is 2.30. The van der Waals surface area contributed by atoms with Gasteiger partial charge in [-0.3, -0.25) is 9.69 Å². The molecule has 0 radical (unpaired) electrons. The summed E-state index contributed by atoms with van der Waals surface area (Å²) in [6.45, 7) is 1.91. The van der Waals surface area contributed by atoms with Crippen LogP contribution < -0.4 is 10.5 Å². The van der Waals surface area contributed by atoms with E-state index in [4.69, 9.17) is 10.5 Å². The van der Waals surface area contributed by atoms with Crippen LogP contribution in [0.15, 0.2) is 54.7 Å². The molecule has 2 heterocycles. The smallest absolute Gasteiger partial charge is 0.416 e. The molecule has 0 atom stereocenters. The van der Waals surface area contributed by atoms with E-state index < -0.39 is 17.6 Å². The molecule has 3 aromatic rings. The Labute approximate surface area is 176 Å². The van der Waals surface area contributed by atoms with E-state index in [2.05, 4.69) is 14.9 Å². The maximum Gasteiger partial charge on any atom is 0.416 e. The number of amides is 1. The van der Waals surface area contributed by atoms with Crippen molar-refractivity contribution in [1.82, 2.24) is 14.9 Å². The summed E-state index contributed by atoms with van der Waals surface area (Å²) in [6, 6.07) is 12.0. The Balaban J connectivity index is 1.46. The highest BCUT2D eigenvalue weighted by atomic mass is 19.4. The molecule has 9 heteroatoms. The van der Waals surface area contributed by atoms with Crippen LogP contribution in [0.5, 0.6) is 11.5 Å². The quantitative estimate of drug-likeness (QED) is 0.666. The lowest BCUT2D eigenvalue weighted by Crippen LogP contribution is -2.32. The molecule has 4 rings (SSSR count). The van der Waals surface area contributed by atoms with Gasteiger partial charge in [0.25, 0.3) is 5.91 Å². The maximum atomic E-state index is 12.9. The number of hydrogen-bond donors (Lipinski definition) is 1. The predicted octanol–water partition coefficient (Wildman–Crippen LogP) is 3.94. The Morgan fingerprint density at radius 3 is 2.61 bits per heavy atom. The van der Waals surface area contributed by atoms with Gasteiger partial charge in [-0.2, -0.15) is 13.2 Å². The number of fused-ring (bicyclic) bond motifs is 1. The van der Waals surface area contributed by atoms with E-state index in [0.717, 1.165) is 41.9 Å². The minimum atomic E-state index is -4.43. The van der Waals surface area contributed by atoms with Crippen molar-refractivity contribution in [2.75, 3.05) is 6.54 Å². The normalized spacial score (nSPS) is 14.2. The van der Waals surface area contributed by atoms with Crippen LogP contribution in [-0.2, 0) is 25.7 Å². The summed E-state index contributed by atoms with van der Waals surface area (Å²) in [7, 11) is 0. The van der Waals surface area contributed by atoms with Gasteiger partial charge in [-0.25, -0.2) is 9.97 Å². The van der Waals surface area contributed by atoms with Crippen LogP contribution in [0.1, 0.15) is 33.0 Å². The molecule has 0 unspecified atom stereocenters. The fraction of sp³-hybridized carbons (Fsp3) is 0.227.